The topological polar surface area (TPSA) is 32.3 Å². The van der Waals surface area contributed by atoms with Crippen LogP contribution in [0.25, 0.3) is 0 Å². The lowest BCUT2D eigenvalue weighted by molar-refractivity contribution is -0.130. The number of nitrogens with zero attached hydrogens (tertiary/aromatic N) is 1. The highest BCUT2D eigenvalue weighted by Gasteiger charge is 2.51. The summed E-state index contributed by atoms with van der Waals surface area (Å²) in [4.78, 5) is 15.1. The fraction of sp³-hybridized carbons (Fsp3) is 0.263. The molecule has 0 spiro atoms. The van der Waals surface area contributed by atoms with E-state index in [2.05, 4.69) is 19.2 Å². The molecule has 1 aliphatic rings. The van der Waals surface area contributed by atoms with Crippen LogP contribution >= 0.6 is 35.4 Å². The van der Waals surface area contributed by atoms with Crippen molar-refractivity contribution in [3.8, 4) is 0 Å². The molecule has 3 rings (SSSR count). The van der Waals surface area contributed by atoms with Gasteiger partial charge in [0.05, 0.1) is 0 Å². The van der Waals surface area contributed by atoms with Crippen molar-refractivity contribution in [2.24, 2.45) is 5.92 Å². The maximum absolute atomic E-state index is 13.5. The highest BCUT2D eigenvalue weighted by atomic mass is 35.5. The van der Waals surface area contributed by atoms with E-state index in [-0.39, 0.29) is 5.91 Å². The Morgan fingerprint density at radius 3 is 1.84 bits per heavy atom. The van der Waals surface area contributed by atoms with E-state index in [0.717, 1.165) is 11.1 Å². The van der Waals surface area contributed by atoms with Gasteiger partial charge in [0.1, 0.15) is 0 Å². The summed E-state index contributed by atoms with van der Waals surface area (Å²) in [5.41, 5.74) is 0.511. The minimum absolute atomic E-state index is 0.0872. The van der Waals surface area contributed by atoms with Crippen LogP contribution in [0.2, 0.25) is 10.0 Å². The van der Waals surface area contributed by atoms with Gasteiger partial charge >= 0.3 is 0 Å². The first-order valence-corrected chi connectivity index (χ1v) is 9.17. The first-order valence-electron chi connectivity index (χ1n) is 8.01. The lowest BCUT2D eigenvalue weighted by Crippen LogP contribution is -2.45. The van der Waals surface area contributed by atoms with Crippen LogP contribution < -0.4 is 5.32 Å². The average Bonchev–Trinajstić information content (AvgIpc) is 2.81. The molecule has 0 aromatic heterocycles. The molecule has 0 saturated carbocycles. The molecule has 3 nitrogen and oxygen atoms in total. The van der Waals surface area contributed by atoms with Crippen molar-refractivity contribution < 1.29 is 4.79 Å². The SMILES string of the molecule is CC(C)CN1C(=O)C(c2ccc(Cl)cc2)(c2ccc(Cl)cc2)NC1=S. The van der Waals surface area contributed by atoms with Crippen molar-refractivity contribution in [1.29, 1.82) is 0 Å². The number of thiocarbonyl (C=S) groups is 1. The number of carbonyl (C=O) groups excluding carboxylic acids is 1. The van der Waals surface area contributed by atoms with Gasteiger partial charge < -0.3 is 5.32 Å². The second-order valence-corrected chi connectivity index (χ2v) is 7.76. The Kier molecular flexibility index (Phi) is 5.05. The van der Waals surface area contributed by atoms with Crippen LogP contribution in [0, 0.1) is 5.92 Å². The van der Waals surface area contributed by atoms with Crippen molar-refractivity contribution in [3.63, 3.8) is 0 Å². The first kappa shape index (κ1) is 18.2. The molecule has 0 aliphatic carbocycles. The summed E-state index contributed by atoms with van der Waals surface area (Å²) in [6, 6.07) is 14.5. The second kappa shape index (κ2) is 6.94. The second-order valence-electron chi connectivity index (χ2n) is 6.50. The van der Waals surface area contributed by atoms with Gasteiger partial charge in [-0.25, -0.2) is 0 Å². The molecule has 0 atom stereocenters. The maximum Gasteiger partial charge on any atom is 0.263 e. The Labute approximate surface area is 162 Å². The number of rotatable bonds is 4. The van der Waals surface area contributed by atoms with Crippen LogP contribution in [0.3, 0.4) is 0 Å². The van der Waals surface area contributed by atoms with Gasteiger partial charge in [-0.2, -0.15) is 0 Å². The zero-order valence-electron chi connectivity index (χ0n) is 13.9. The number of nitrogens with one attached hydrogen (secondary N) is 1. The van der Waals surface area contributed by atoms with E-state index >= 15 is 0 Å². The molecule has 0 unspecified atom stereocenters. The van der Waals surface area contributed by atoms with Gasteiger partial charge in [0.15, 0.2) is 10.7 Å². The monoisotopic (exact) mass is 392 g/mol. The van der Waals surface area contributed by atoms with Gasteiger partial charge in [-0.3, -0.25) is 9.69 Å². The summed E-state index contributed by atoms with van der Waals surface area (Å²) >= 11 is 17.5. The highest BCUT2D eigenvalue weighted by Crippen LogP contribution is 2.37. The number of hydrogen-bond acceptors (Lipinski definition) is 2. The standard InChI is InChI=1S/C19H18Cl2N2OS/c1-12(2)11-23-17(24)19(22-18(23)25,13-3-7-15(20)8-4-13)14-5-9-16(21)10-6-14/h3-10,12H,11H2,1-2H3,(H,22,25). The van der Waals surface area contributed by atoms with E-state index in [0.29, 0.717) is 27.6 Å². The Bertz CT molecular complexity index is 758. The number of carbonyl (C=O) groups is 1. The third-order valence-corrected chi connectivity index (χ3v) is 5.03. The maximum atomic E-state index is 13.5. The summed E-state index contributed by atoms with van der Waals surface area (Å²) in [7, 11) is 0. The van der Waals surface area contributed by atoms with Gasteiger partial charge in [0.25, 0.3) is 5.91 Å². The van der Waals surface area contributed by atoms with Crippen molar-refractivity contribution in [2.75, 3.05) is 6.54 Å². The van der Waals surface area contributed by atoms with Gasteiger partial charge in [0.2, 0.25) is 0 Å². The molecule has 25 heavy (non-hydrogen) atoms. The van der Waals surface area contributed by atoms with Crippen LogP contribution in [0.5, 0.6) is 0 Å². The predicted molar refractivity (Wildman–Crippen MR) is 106 cm³/mol. The molecule has 2 aromatic rings. The molecular weight excluding hydrogens is 375 g/mol. The molecule has 1 aliphatic heterocycles. The Balaban J connectivity index is 2.17. The molecule has 2 aromatic carbocycles. The van der Waals surface area contributed by atoms with E-state index in [1.165, 1.54) is 0 Å². The number of amides is 1. The fourth-order valence-electron chi connectivity index (χ4n) is 3.06. The third kappa shape index (κ3) is 3.26. The molecule has 130 valence electrons. The molecule has 1 N–H and O–H groups in total. The Morgan fingerprint density at radius 1 is 1.00 bits per heavy atom. The van der Waals surface area contributed by atoms with Crippen LogP contribution in [0.4, 0.5) is 0 Å². The largest absolute Gasteiger partial charge is 0.341 e. The minimum atomic E-state index is -1.07. The molecule has 0 bridgehead atoms. The third-order valence-electron chi connectivity index (χ3n) is 4.21. The summed E-state index contributed by atoms with van der Waals surface area (Å²) in [6.07, 6.45) is 0. The van der Waals surface area contributed by atoms with Crippen molar-refractivity contribution >= 4 is 46.4 Å². The summed E-state index contributed by atoms with van der Waals surface area (Å²) in [6.45, 7) is 4.68. The highest BCUT2D eigenvalue weighted by molar-refractivity contribution is 7.80. The average molecular weight is 393 g/mol. The fourth-order valence-corrected chi connectivity index (χ4v) is 3.63. The molecule has 1 saturated heterocycles. The Morgan fingerprint density at radius 2 is 1.44 bits per heavy atom. The number of halogens is 2. The summed E-state index contributed by atoms with van der Waals surface area (Å²) < 4.78 is 0. The molecule has 1 amide bonds. The van der Waals surface area contributed by atoms with Gasteiger partial charge in [-0.05, 0) is 53.5 Å². The van der Waals surface area contributed by atoms with E-state index in [1.54, 1.807) is 29.2 Å². The minimum Gasteiger partial charge on any atom is -0.341 e. The summed E-state index contributed by atoms with van der Waals surface area (Å²) in [5.74, 6) is 0.214. The quantitative estimate of drug-likeness (QED) is 0.770. The first-order chi connectivity index (χ1) is 11.8. The Hall–Kier alpha value is -1.62. The van der Waals surface area contributed by atoms with E-state index in [1.807, 2.05) is 24.3 Å². The van der Waals surface area contributed by atoms with Gasteiger partial charge in [-0.1, -0.05) is 61.3 Å². The summed E-state index contributed by atoms with van der Waals surface area (Å²) in [5, 5.41) is 4.93. The number of benzene rings is 2. The zero-order valence-corrected chi connectivity index (χ0v) is 16.3. The zero-order chi connectivity index (χ0) is 18.2. The van der Waals surface area contributed by atoms with Gasteiger partial charge in [-0.15, -0.1) is 0 Å². The lowest BCUT2D eigenvalue weighted by atomic mass is 9.82. The van der Waals surface area contributed by atoms with Gasteiger partial charge in [0, 0.05) is 16.6 Å². The van der Waals surface area contributed by atoms with E-state index in [4.69, 9.17) is 35.4 Å². The van der Waals surface area contributed by atoms with Crippen LogP contribution in [-0.2, 0) is 10.3 Å². The normalized spacial score (nSPS) is 16.4. The van der Waals surface area contributed by atoms with Crippen LogP contribution in [0.15, 0.2) is 48.5 Å². The number of hydrogen-bond donors (Lipinski definition) is 1. The lowest BCUT2D eigenvalue weighted by Gasteiger charge is -2.28. The molecule has 0 radical (unpaired) electrons. The smallest absolute Gasteiger partial charge is 0.263 e. The van der Waals surface area contributed by atoms with Crippen molar-refractivity contribution in [3.05, 3.63) is 69.7 Å². The van der Waals surface area contributed by atoms with Crippen LogP contribution in [-0.4, -0.2) is 22.5 Å². The molecular formula is C19H18Cl2N2OS. The predicted octanol–water partition coefficient (Wildman–Crippen LogP) is 4.61. The van der Waals surface area contributed by atoms with Crippen molar-refractivity contribution in [1.82, 2.24) is 10.2 Å². The van der Waals surface area contributed by atoms with Crippen molar-refractivity contribution in [2.45, 2.75) is 19.4 Å². The van der Waals surface area contributed by atoms with E-state index < -0.39 is 5.54 Å². The molecule has 1 fully saturated rings. The molecule has 1 heterocycles. The van der Waals surface area contributed by atoms with Crippen LogP contribution in [0.1, 0.15) is 25.0 Å². The van der Waals surface area contributed by atoms with E-state index in [9.17, 15) is 4.79 Å². The molecule has 6 heteroatoms.